The highest BCUT2D eigenvalue weighted by molar-refractivity contribution is 5.02. The Bertz CT molecular complexity index is 537. The maximum absolute atomic E-state index is 11.6. The lowest BCUT2D eigenvalue weighted by Gasteiger charge is -2.15. The first-order valence-electron chi connectivity index (χ1n) is 5.50. The molecule has 1 fully saturated rings. The summed E-state index contributed by atoms with van der Waals surface area (Å²) in [5.41, 5.74) is -0.611. The van der Waals surface area contributed by atoms with Gasteiger partial charge in [0.25, 0.3) is 5.56 Å². The SMILES string of the molecule is Cc1cn([C@H]2C[C@H](O)[C@@H](CON)O2)c(=O)[nH]c1=O. The molecule has 0 aliphatic carbocycles. The highest BCUT2D eigenvalue weighted by Gasteiger charge is 2.35. The maximum atomic E-state index is 11.6. The monoisotopic (exact) mass is 257 g/mol. The molecule has 2 heterocycles. The van der Waals surface area contributed by atoms with E-state index >= 15 is 0 Å². The number of hydrogen-bond acceptors (Lipinski definition) is 6. The summed E-state index contributed by atoms with van der Waals surface area (Å²) in [6, 6.07) is 0. The van der Waals surface area contributed by atoms with Crippen LogP contribution < -0.4 is 17.1 Å². The number of aromatic amines is 1. The zero-order chi connectivity index (χ0) is 13.3. The van der Waals surface area contributed by atoms with Gasteiger partial charge in [-0.1, -0.05) is 0 Å². The molecule has 1 aromatic rings. The van der Waals surface area contributed by atoms with E-state index in [1.165, 1.54) is 10.8 Å². The second-order valence-corrected chi connectivity index (χ2v) is 4.24. The molecule has 3 atom stereocenters. The van der Waals surface area contributed by atoms with E-state index in [-0.39, 0.29) is 13.0 Å². The molecule has 0 aromatic carbocycles. The van der Waals surface area contributed by atoms with Crippen LogP contribution in [-0.2, 0) is 9.57 Å². The molecule has 1 aromatic heterocycles. The van der Waals surface area contributed by atoms with Gasteiger partial charge in [0.15, 0.2) is 0 Å². The summed E-state index contributed by atoms with van der Waals surface area (Å²) in [6.45, 7) is 1.62. The summed E-state index contributed by atoms with van der Waals surface area (Å²) in [5.74, 6) is 4.92. The second-order valence-electron chi connectivity index (χ2n) is 4.24. The van der Waals surface area contributed by atoms with Crippen molar-refractivity contribution in [2.24, 2.45) is 5.90 Å². The van der Waals surface area contributed by atoms with Crippen LogP contribution in [0.15, 0.2) is 15.8 Å². The third-order valence-electron chi connectivity index (χ3n) is 2.92. The smallest absolute Gasteiger partial charge is 0.330 e. The quantitative estimate of drug-likeness (QED) is 0.560. The number of aromatic nitrogens is 2. The average Bonchev–Trinajstić information content (AvgIpc) is 2.66. The highest BCUT2D eigenvalue weighted by atomic mass is 16.6. The third-order valence-corrected chi connectivity index (χ3v) is 2.92. The number of hydrogen-bond donors (Lipinski definition) is 3. The van der Waals surface area contributed by atoms with Crippen molar-refractivity contribution in [3.8, 4) is 0 Å². The van der Waals surface area contributed by atoms with Gasteiger partial charge in [0.2, 0.25) is 0 Å². The Labute approximate surface area is 102 Å². The minimum atomic E-state index is -0.766. The molecule has 100 valence electrons. The first-order valence-corrected chi connectivity index (χ1v) is 5.50. The predicted molar refractivity (Wildman–Crippen MR) is 60.7 cm³/mol. The van der Waals surface area contributed by atoms with Gasteiger partial charge in [0.05, 0.1) is 12.7 Å². The van der Waals surface area contributed by atoms with E-state index in [0.29, 0.717) is 5.56 Å². The van der Waals surface area contributed by atoms with Gasteiger partial charge in [-0.2, -0.15) is 0 Å². The fraction of sp³-hybridized carbons (Fsp3) is 0.600. The van der Waals surface area contributed by atoms with Crippen molar-refractivity contribution in [1.29, 1.82) is 0 Å². The van der Waals surface area contributed by atoms with Crippen LogP contribution in [0.3, 0.4) is 0 Å². The van der Waals surface area contributed by atoms with E-state index in [0.717, 1.165) is 0 Å². The average molecular weight is 257 g/mol. The van der Waals surface area contributed by atoms with E-state index in [9.17, 15) is 14.7 Å². The van der Waals surface area contributed by atoms with Gasteiger partial charge in [-0.3, -0.25) is 14.3 Å². The van der Waals surface area contributed by atoms with Crippen molar-refractivity contribution in [2.45, 2.75) is 31.8 Å². The molecule has 1 saturated heterocycles. The van der Waals surface area contributed by atoms with Gasteiger partial charge in [-0.25, -0.2) is 10.7 Å². The van der Waals surface area contributed by atoms with Crippen molar-refractivity contribution in [3.63, 3.8) is 0 Å². The molecule has 4 N–H and O–H groups in total. The molecule has 18 heavy (non-hydrogen) atoms. The third kappa shape index (κ3) is 2.36. The van der Waals surface area contributed by atoms with Gasteiger partial charge in [-0.05, 0) is 6.92 Å². The van der Waals surface area contributed by atoms with Crippen molar-refractivity contribution in [3.05, 3.63) is 32.6 Å². The van der Waals surface area contributed by atoms with Crippen LogP contribution >= 0.6 is 0 Å². The number of aliphatic hydroxyl groups excluding tert-OH is 1. The molecule has 0 amide bonds. The molecule has 2 rings (SSSR count). The standard InChI is InChI=1S/C10H15N3O5/c1-5-3-13(10(16)12-9(5)15)8-2-6(14)7(18-8)4-17-11/h3,6-8,14H,2,4,11H2,1H3,(H,12,15,16)/t6-,7+,8+/m0/s1. The van der Waals surface area contributed by atoms with E-state index in [4.69, 9.17) is 10.6 Å². The van der Waals surface area contributed by atoms with Gasteiger partial charge in [-0.15, -0.1) is 0 Å². The van der Waals surface area contributed by atoms with Crippen molar-refractivity contribution >= 4 is 0 Å². The molecule has 8 nitrogen and oxygen atoms in total. The van der Waals surface area contributed by atoms with Gasteiger partial charge in [0, 0.05) is 18.2 Å². The van der Waals surface area contributed by atoms with Crippen LogP contribution in [0, 0.1) is 6.92 Å². The molecule has 8 heteroatoms. The molecule has 0 unspecified atom stereocenters. The number of H-pyrrole nitrogens is 1. The van der Waals surface area contributed by atoms with Crippen LogP contribution in [0.5, 0.6) is 0 Å². The zero-order valence-electron chi connectivity index (χ0n) is 9.83. The molecule has 0 radical (unpaired) electrons. The summed E-state index contributed by atoms with van der Waals surface area (Å²) in [6.07, 6.45) is -0.344. The fourth-order valence-corrected chi connectivity index (χ4v) is 1.93. The molecule has 1 aliphatic heterocycles. The van der Waals surface area contributed by atoms with Crippen molar-refractivity contribution in [1.82, 2.24) is 9.55 Å². The first-order chi connectivity index (χ1) is 8.52. The Hall–Kier alpha value is -1.48. The summed E-state index contributed by atoms with van der Waals surface area (Å²) < 4.78 is 6.71. The van der Waals surface area contributed by atoms with Crippen LogP contribution in [0.4, 0.5) is 0 Å². The summed E-state index contributed by atoms with van der Waals surface area (Å²) in [4.78, 5) is 29.5. The van der Waals surface area contributed by atoms with Gasteiger partial charge in [0.1, 0.15) is 12.3 Å². The fourth-order valence-electron chi connectivity index (χ4n) is 1.93. The maximum Gasteiger partial charge on any atom is 0.330 e. The topological polar surface area (TPSA) is 120 Å². The minimum absolute atomic E-state index is 0.0365. The highest BCUT2D eigenvalue weighted by Crippen LogP contribution is 2.27. The van der Waals surface area contributed by atoms with Gasteiger partial charge < -0.3 is 14.7 Å². The van der Waals surface area contributed by atoms with Crippen LogP contribution in [0.1, 0.15) is 18.2 Å². The number of nitrogens with one attached hydrogen (secondary N) is 1. The minimum Gasteiger partial charge on any atom is -0.390 e. The number of nitrogens with two attached hydrogens (primary N) is 1. The largest absolute Gasteiger partial charge is 0.390 e. The Kier molecular flexibility index (Phi) is 3.62. The number of nitrogens with zero attached hydrogens (tertiary/aromatic N) is 1. The van der Waals surface area contributed by atoms with Crippen LogP contribution in [0.25, 0.3) is 0 Å². The van der Waals surface area contributed by atoms with E-state index in [1.54, 1.807) is 6.92 Å². The summed E-state index contributed by atoms with van der Waals surface area (Å²) in [5, 5.41) is 9.72. The molecule has 0 saturated carbocycles. The Balaban J connectivity index is 2.26. The number of ether oxygens (including phenoxy) is 1. The lowest BCUT2D eigenvalue weighted by molar-refractivity contribution is -0.0642. The number of aryl methyl sites for hydroxylation is 1. The normalized spacial score (nSPS) is 27.6. The number of rotatable bonds is 3. The second kappa shape index (κ2) is 5.02. The van der Waals surface area contributed by atoms with Gasteiger partial charge >= 0.3 is 5.69 Å². The Morgan fingerprint density at radius 2 is 2.39 bits per heavy atom. The Morgan fingerprint density at radius 1 is 1.67 bits per heavy atom. The summed E-state index contributed by atoms with van der Waals surface area (Å²) >= 11 is 0. The molecule has 1 aliphatic rings. The van der Waals surface area contributed by atoms with E-state index in [1.807, 2.05) is 0 Å². The van der Waals surface area contributed by atoms with E-state index in [2.05, 4.69) is 9.82 Å². The van der Waals surface area contributed by atoms with Crippen molar-refractivity contribution in [2.75, 3.05) is 6.61 Å². The Morgan fingerprint density at radius 3 is 3.06 bits per heavy atom. The summed E-state index contributed by atoms with van der Waals surface area (Å²) in [7, 11) is 0. The number of aliphatic hydroxyl groups is 1. The van der Waals surface area contributed by atoms with E-state index < -0.39 is 29.7 Å². The molecular formula is C10H15N3O5. The zero-order valence-corrected chi connectivity index (χ0v) is 9.83. The molecule has 0 spiro atoms. The van der Waals surface area contributed by atoms with Crippen LogP contribution in [0.2, 0.25) is 0 Å². The lowest BCUT2D eigenvalue weighted by Crippen LogP contribution is -2.33. The van der Waals surface area contributed by atoms with Crippen LogP contribution in [-0.4, -0.2) is 33.5 Å². The first kappa shape index (κ1) is 13.0. The molecular weight excluding hydrogens is 242 g/mol. The van der Waals surface area contributed by atoms with Crippen molar-refractivity contribution < 1.29 is 14.7 Å². The predicted octanol–water partition coefficient (Wildman–Crippen LogP) is -1.62. The molecule has 0 bridgehead atoms. The lowest BCUT2D eigenvalue weighted by atomic mass is 10.2.